The van der Waals surface area contributed by atoms with Crippen LogP contribution in [0.15, 0.2) is 18.2 Å². The predicted octanol–water partition coefficient (Wildman–Crippen LogP) is 4.12. The minimum atomic E-state index is -0.752. The van der Waals surface area contributed by atoms with Crippen molar-refractivity contribution < 1.29 is 23.9 Å². The maximum absolute atomic E-state index is 12.3. The fraction of sp³-hybridized carbons (Fsp3) is 0.500. The van der Waals surface area contributed by atoms with Gasteiger partial charge in [0.25, 0.3) is 0 Å². The molecular formula is C18H21Cl2NO5. The summed E-state index contributed by atoms with van der Waals surface area (Å²) in [5.41, 5.74) is -0.436. The average molecular weight is 402 g/mol. The van der Waals surface area contributed by atoms with Gasteiger partial charge in [0.2, 0.25) is 5.78 Å². The van der Waals surface area contributed by atoms with E-state index in [1.165, 1.54) is 23.1 Å². The third-order valence-electron chi connectivity index (χ3n) is 3.73. The highest BCUT2D eigenvalue weighted by molar-refractivity contribution is 6.36. The molecule has 1 amide bonds. The Labute approximate surface area is 162 Å². The van der Waals surface area contributed by atoms with E-state index in [0.717, 1.165) is 0 Å². The molecule has 2 rings (SSSR count). The number of halogens is 2. The molecule has 1 atom stereocenters. The lowest BCUT2D eigenvalue weighted by molar-refractivity contribution is -0.147. The summed E-state index contributed by atoms with van der Waals surface area (Å²) in [7, 11) is 0. The molecule has 1 aromatic carbocycles. The molecule has 0 spiro atoms. The molecule has 142 valence electrons. The van der Waals surface area contributed by atoms with Crippen LogP contribution in [0.2, 0.25) is 10.0 Å². The van der Waals surface area contributed by atoms with E-state index >= 15 is 0 Å². The number of ether oxygens (including phenoxy) is 2. The molecule has 1 heterocycles. The van der Waals surface area contributed by atoms with Gasteiger partial charge in [0.15, 0.2) is 6.61 Å². The molecule has 6 nitrogen and oxygen atoms in total. The van der Waals surface area contributed by atoms with Crippen molar-refractivity contribution in [2.24, 2.45) is 0 Å². The standard InChI is InChI=1S/C18H21Cl2NO5/c1-18(2,3)26-17(24)21-8-4-5-14(21)16(23)25-10-15(22)12-7-6-11(19)9-13(12)20/h6-7,9,14H,4-5,8,10H2,1-3H3/t14-/m0/s1. The molecule has 1 saturated heterocycles. The van der Waals surface area contributed by atoms with E-state index in [9.17, 15) is 14.4 Å². The van der Waals surface area contributed by atoms with E-state index in [1.54, 1.807) is 20.8 Å². The van der Waals surface area contributed by atoms with Crippen LogP contribution in [0.1, 0.15) is 44.0 Å². The fourth-order valence-electron chi connectivity index (χ4n) is 2.58. The highest BCUT2D eigenvalue weighted by atomic mass is 35.5. The van der Waals surface area contributed by atoms with E-state index in [0.29, 0.717) is 24.4 Å². The monoisotopic (exact) mass is 401 g/mol. The normalized spacial score (nSPS) is 17.1. The van der Waals surface area contributed by atoms with Gasteiger partial charge in [-0.3, -0.25) is 9.69 Å². The molecule has 8 heteroatoms. The second-order valence-electron chi connectivity index (χ2n) is 6.99. The lowest BCUT2D eigenvalue weighted by Gasteiger charge is -2.27. The van der Waals surface area contributed by atoms with Gasteiger partial charge >= 0.3 is 12.1 Å². The maximum Gasteiger partial charge on any atom is 0.411 e. The van der Waals surface area contributed by atoms with E-state index in [4.69, 9.17) is 32.7 Å². The van der Waals surface area contributed by atoms with E-state index < -0.39 is 36.1 Å². The molecule has 1 aliphatic heterocycles. The Morgan fingerprint density at radius 2 is 1.92 bits per heavy atom. The van der Waals surface area contributed by atoms with Crippen LogP contribution in [0.25, 0.3) is 0 Å². The van der Waals surface area contributed by atoms with Crippen LogP contribution in [-0.2, 0) is 14.3 Å². The molecule has 0 aliphatic carbocycles. The van der Waals surface area contributed by atoms with Crippen LogP contribution in [0.4, 0.5) is 4.79 Å². The Hall–Kier alpha value is -1.79. The molecule has 0 aromatic heterocycles. The number of amides is 1. The first-order valence-corrected chi connectivity index (χ1v) is 8.98. The molecule has 1 aromatic rings. The van der Waals surface area contributed by atoms with Crippen molar-refractivity contribution in [3.8, 4) is 0 Å². The first kappa shape index (κ1) is 20.5. The zero-order chi connectivity index (χ0) is 19.5. The van der Waals surface area contributed by atoms with Crippen LogP contribution in [-0.4, -0.2) is 47.5 Å². The first-order valence-electron chi connectivity index (χ1n) is 8.23. The maximum atomic E-state index is 12.3. The Morgan fingerprint density at radius 1 is 1.23 bits per heavy atom. The second kappa shape index (κ2) is 8.27. The molecule has 0 bridgehead atoms. The smallest absolute Gasteiger partial charge is 0.411 e. The van der Waals surface area contributed by atoms with Crippen LogP contribution in [0, 0.1) is 0 Å². The Morgan fingerprint density at radius 3 is 2.54 bits per heavy atom. The summed E-state index contributed by atoms with van der Waals surface area (Å²) in [6.07, 6.45) is 0.563. The van der Waals surface area contributed by atoms with Crippen molar-refractivity contribution in [3.05, 3.63) is 33.8 Å². The number of benzene rings is 1. The van der Waals surface area contributed by atoms with Gasteiger partial charge in [0.05, 0.1) is 5.02 Å². The van der Waals surface area contributed by atoms with Crippen LogP contribution in [0.5, 0.6) is 0 Å². The number of carbonyl (C=O) groups excluding carboxylic acids is 3. The highest BCUT2D eigenvalue weighted by Gasteiger charge is 2.37. The SMILES string of the molecule is CC(C)(C)OC(=O)N1CCC[C@H]1C(=O)OCC(=O)c1ccc(Cl)cc1Cl. The molecule has 26 heavy (non-hydrogen) atoms. The number of Topliss-reactive ketones (excluding diaryl/α,β-unsaturated/α-hetero) is 1. The number of hydrogen-bond donors (Lipinski definition) is 0. The van der Waals surface area contributed by atoms with Crippen LogP contribution < -0.4 is 0 Å². The Balaban J connectivity index is 1.96. The Kier molecular flexibility index (Phi) is 6.53. The number of esters is 1. The quantitative estimate of drug-likeness (QED) is 0.560. The average Bonchev–Trinajstić information content (AvgIpc) is 3.00. The van der Waals surface area contributed by atoms with Gasteiger partial charge in [0, 0.05) is 17.1 Å². The minimum absolute atomic E-state index is 0.190. The van der Waals surface area contributed by atoms with Gasteiger partial charge < -0.3 is 9.47 Å². The van der Waals surface area contributed by atoms with Crippen LogP contribution >= 0.6 is 23.2 Å². The zero-order valence-corrected chi connectivity index (χ0v) is 16.4. The van der Waals surface area contributed by atoms with E-state index in [-0.39, 0.29) is 10.6 Å². The largest absolute Gasteiger partial charge is 0.456 e. The summed E-state index contributed by atoms with van der Waals surface area (Å²) < 4.78 is 10.4. The molecular weight excluding hydrogens is 381 g/mol. The predicted molar refractivity (Wildman–Crippen MR) is 97.7 cm³/mol. The van der Waals surface area contributed by atoms with Crippen molar-refractivity contribution in [2.75, 3.05) is 13.2 Å². The fourth-order valence-corrected chi connectivity index (χ4v) is 3.09. The lowest BCUT2D eigenvalue weighted by Crippen LogP contribution is -2.44. The van der Waals surface area contributed by atoms with Crippen molar-refractivity contribution in [3.63, 3.8) is 0 Å². The molecule has 0 saturated carbocycles. The highest BCUT2D eigenvalue weighted by Crippen LogP contribution is 2.23. The summed E-state index contributed by atoms with van der Waals surface area (Å²) in [6, 6.07) is 3.70. The summed E-state index contributed by atoms with van der Waals surface area (Å²) in [5, 5.41) is 0.595. The lowest BCUT2D eigenvalue weighted by atomic mass is 10.1. The first-order chi connectivity index (χ1) is 12.1. The molecule has 1 aliphatic rings. The molecule has 0 N–H and O–H groups in total. The minimum Gasteiger partial charge on any atom is -0.456 e. The van der Waals surface area contributed by atoms with E-state index in [2.05, 4.69) is 0 Å². The number of hydrogen-bond acceptors (Lipinski definition) is 5. The van der Waals surface area contributed by atoms with Crippen molar-refractivity contribution in [1.82, 2.24) is 4.90 Å². The third-order valence-corrected chi connectivity index (χ3v) is 4.28. The summed E-state index contributed by atoms with van der Waals surface area (Å²) >= 11 is 11.8. The van der Waals surface area contributed by atoms with Gasteiger partial charge in [-0.05, 0) is 51.8 Å². The van der Waals surface area contributed by atoms with Gasteiger partial charge in [0.1, 0.15) is 11.6 Å². The van der Waals surface area contributed by atoms with Crippen molar-refractivity contribution >= 4 is 41.0 Å². The molecule has 0 unspecified atom stereocenters. The number of ketones is 1. The van der Waals surface area contributed by atoms with Crippen molar-refractivity contribution in [1.29, 1.82) is 0 Å². The van der Waals surface area contributed by atoms with E-state index in [1.807, 2.05) is 0 Å². The number of carbonyl (C=O) groups is 3. The van der Waals surface area contributed by atoms with Gasteiger partial charge in [-0.15, -0.1) is 0 Å². The third kappa shape index (κ3) is 5.35. The molecule has 0 radical (unpaired) electrons. The zero-order valence-electron chi connectivity index (χ0n) is 14.9. The van der Waals surface area contributed by atoms with Crippen molar-refractivity contribution in [2.45, 2.75) is 45.3 Å². The van der Waals surface area contributed by atoms with Gasteiger partial charge in [-0.25, -0.2) is 9.59 Å². The topological polar surface area (TPSA) is 72.9 Å². The second-order valence-corrected chi connectivity index (χ2v) is 7.83. The summed E-state index contributed by atoms with van der Waals surface area (Å²) in [4.78, 5) is 38.1. The van der Waals surface area contributed by atoms with Gasteiger partial charge in [-0.1, -0.05) is 23.2 Å². The number of nitrogens with zero attached hydrogens (tertiary/aromatic N) is 1. The molecule has 1 fully saturated rings. The number of likely N-dealkylation sites (tertiary alicyclic amines) is 1. The Bertz CT molecular complexity index is 714. The van der Waals surface area contributed by atoms with Crippen LogP contribution in [0.3, 0.4) is 0 Å². The summed E-state index contributed by atoms with van der Waals surface area (Å²) in [6.45, 7) is 5.21. The summed E-state index contributed by atoms with van der Waals surface area (Å²) in [5.74, 6) is -1.08. The number of rotatable bonds is 4. The van der Waals surface area contributed by atoms with Gasteiger partial charge in [-0.2, -0.15) is 0 Å².